The Kier molecular flexibility index (Phi) is 6.69. The zero-order chi connectivity index (χ0) is 20.6. The maximum atomic E-state index is 13.5. The number of hydrogen-bond acceptors (Lipinski definition) is 5. The van der Waals surface area contributed by atoms with Crippen LogP contribution in [0.1, 0.15) is 21.7 Å². The van der Waals surface area contributed by atoms with Crippen LogP contribution >= 0.6 is 11.8 Å². The molecular formula is C19H15F2N5O2S. The van der Waals surface area contributed by atoms with Gasteiger partial charge in [-0.1, -0.05) is 42.1 Å². The first kappa shape index (κ1) is 20.2. The van der Waals surface area contributed by atoms with Gasteiger partial charge in [-0.3, -0.25) is 25.5 Å². The second-order valence-corrected chi connectivity index (χ2v) is 6.60. The van der Waals surface area contributed by atoms with E-state index in [-0.39, 0.29) is 17.1 Å². The molecule has 29 heavy (non-hydrogen) atoms. The summed E-state index contributed by atoms with van der Waals surface area (Å²) >= 11 is 1.05. The molecule has 1 aromatic heterocycles. The topological polar surface area (TPSA) is 99.8 Å². The quantitative estimate of drug-likeness (QED) is 0.425. The van der Waals surface area contributed by atoms with E-state index in [9.17, 15) is 18.4 Å². The predicted molar refractivity (Wildman–Crippen MR) is 104 cm³/mol. The van der Waals surface area contributed by atoms with Crippen LogP contribution in [0.2, 0.25) is 0 Å². The predicted octanol–water partition coefficient (Wildman–Crippen LogP) is 2.81. The number of halogens is 2. The lowest BCUT2D eigenvalue weighted by Gasteiger charge is -2.07. The molecule has 0 radical (unpaired) electrons. The zero-order valence-electron chi connectivity index (χ0n) is 14.9. The van der Waals surface area contributed by atoms with Crippen LogP contribution in [0, 0.1) is 11.6 Å². The van der Waals surface area contributed by atoms with Crippen LogP contribution in [0.3, 0.4) is 0 Å². The summed E-state index contributed by atoms with van der Waals surface area (Å²) in [5.41, 5.74) is 4.96. The Labute approximate surface area is 168 Å². The van der Waals surface area contributed by atoms with E-state index >= 15 is 0 Å². The molecule has 0 unspecified atom stereocenters. The molecule has 7 nitrogen and oxygen atoms in total. The van der Waals surface area contributed by atoms with Crippen molar-refractivity contribution in [3.05, 3.63) is 77.1 Å². The highest BCUT2D eigenvalue weighted by atomic mass is 32.2. The molecule has 2 amide bonds. The number of hydrazine groups is 1. The number of aromatic nitrogens is 3. The number of nitrogens with one attached hydrogen (secondary N) is 3. The second-order valence-electron chi connectivity index (χ2n) is 5.66. The van der Waals surface area contributed by atoms with Gasteiger partial charge in [-0.2, -0.15) is 0 Å². The molecule has 3 rings (SSSR count). The monoisotopic (exact) mass is 415 g/mol. The van der Waals surface area contributed by atoms with E-state index in [1.807, 2.05) is 0 Å². The van der Waals surface area contributed by atoms with Crippen molar-refractivity contribution >= 4 is 35.7 Å². The molecule has 2 aromatic carbocycles. The minimum Gasteiger partial charge on any atom is -0.272 e. The summed E-state index contributed by atoms with van der Waals surface area (Å²) in [4.78, 5) is 27.8. The Balaban J connectivity index is 1.45. The third-order valence-electron chi connectivity index (χ3n) is 3.55. The van der Waals surface area contributed by atoms with E-state index in [2.05, 4.69) is 26.0 Å². The fourth-order valence-electron chi connectivity index (χ4n) is 2.15. The summed E-state index contributed by atoms with van der Waals surface area (Å²) in [7, 11) is 0. The van der Waals surface area contributed by atoms with Gasteiger partial charge in [0, 0.05) is 0 Å². The van der Waals surface area contributed by atoms with Crippen LogP contribution in [0.4, 0.5) is 8.78 Å². The van der Waals surface area contributed by atoms with E-state index in [0.717, 1.165) is 23.4 Å². The highest BCUT2D eigenvalue weighted by molar-refractivity contribution is 7.99. The Hall–Kier alpha value is -3.53. The number of carbonyl (C=O) groups is 2. The van der Waals surface area contributed by atoms with Gasteiger partial charge in [0.1, 0.15) is 17.5 Å². The molecule has 148 valence electrons. The molecule has 1 heterocycles. The molecule has 10 heteroatoms. The number of amides is 2. The average Bonchev–Trinajstić information content (AvgIpc) is 3.18. The highest BCUT2D eigenvalue weighted by Crippen LogP contribution is 2.13. The Bertz CT molecular complexity index is 1040. The van der Waals surface area contributed by atoms with Gasteiger partial charge in [-0.05, 0) is 35.9 Å². The molecule has 0 spiro atoms. The van der Waals surface area contributed by atoms with Crippen LogP contribution in [0.5, 0.6) is 0 Å². The summed E-state index contributed by atoms with van der Waals surface area (Å²) in [6.07, 6.45) is 3.40. The van der Waals surface area contributed by atoms with Gasteiger partial charge in [-0.15, -0.1) is 5.10 Å². The lowest BCUT2D eigenvalue weighted by Crippen LogP contribution is -2.42. The zero-order valence-corrected chi connectivity index (χ0v) is 15.7. The van der Waals surface area contributed by atoms with Crippen molar-refractivity contribution in [3.63, 3.8) is 0 Å². The van der Waals surface area contributed by atoms with Crippen molar-refractivity contribution < 1.29 is 18.4 Å². The van der Waals surface area contributed by atoms with Crippen molar-refractivity contribution in [2.45, 2.75) is 5.16 Å². The molecule has 3 aromatic rings. The summed E-state index contributed by atoms with van der Waals surface area (Å²) in [5, 5.41) is 7.00. The van der Waals surface area contributed by atoms with Crippen LogP contribution < -0.4 is 10.9 Å². The summed E-state index contributed by atoms with van der Waals surface area (Å²) in [6.45, 7) is 0. The molecule has 0 fully saturated rings. The number of thioether (sulfide) groups is 1. The average molecular weight is 415 g/mol. The lowest BCUT2D eigenvalue weighted by molar-refractivity contribution is -0.119. The van der Waals surface area contributed by atoms with Gasteiger partial charge in [0.05, 0.1) is 11.3 Å². The summed E-state index contributed by atoms with van der Waals surface area (Å²) in [5.74, 6) is -1.86. The van der Waals surface area contributed by atoms with Gasteiger partial charge in [-0.25, -0.2) is 13.8 Å². The first-order valence-corrected chi connectivity index (χ1v) is 9.32. The fraction of sp³-hybridized carbons (Fsp3) is 0.0526. The minimum absolute atomic E-state index is 0.0590. The van der Waals surface area contributed by atoms with Gasteiger partial charge < -0.3 is 0 Å². The second kappa shape index (κ2) is 9.60. The van der Waals surface area contributed by atoms with Crippen molar-refractivity contribution in [2.24, 2.45) is 0 Å². The highest BCUT2D eigenvalue weighted by Gasteiger charge is 2.12. The van der Waals surface area contributed by atoms with E-state index < -0.39 is 17.6 Å². The normalized spacial score (nSPS) is 10.8. The smallest absolute Gasteiger partial charge is 0.272 e. The van der Waals surface area contributed by atoms with E-state index in [4.69, 9.17) is 0 Å². The van der Waals surface area contributed by atoms with Crippen molar-refractivity contribution in [3.8, 4) is 0 Å². The molecule has 0 aliphatic carbocycles. The van der Waals surface area contributed by atoms with Gasteiger partial charge in [0.15, 0.2) is 0 Å². The third kappa shape index (κ3) is 5.98. The summed E-state index contributed by atoms with van der Waals surface area (Å²) < 4.78 is 26.4. The first-order chi connectivity index (χ1) is 14.0. The first-order valence-electron chi connectivity index (χ1n) is 8.34. The van der Waals surface area contributed by atoms with Crippen LogP contribution in [0.25, 0.3) is 12.2 Å². The Morgan fingerprint density at radius 2 is 1.79 bits per heavy atom. The van der Waals surface area contributed by atoms with E-state index in [1.54, 1.807) is 24.3 Å². The minimum atomic E-state index is -0.757. The van der Waals surface area contributed by atoms with Crippen molar-refractivity contribution in [2.75, 3.05) is 5.75 Å². The molecule has 3 N–H and O–H groups in total. The van der Waals surface area contributed by atoms with Crippen LogP contribution in [0.15, 0.2) is 53.7 Å². The number of carbonyl (C=O) groups excluding carboxylic acids is 2. The number of nitrogens with zero attached hydrogens (tertiary/aromatic N) is 2. The summed E-state index contributed by atoms with van der Waals surface area (Å²) in [6, 6.07) is 11.4. The van der Waals surface area contributed by atoms with Crippen LogP contribution in [-0.4, -0.2) is 32.7 Å². The Morgan fingerprint density at radius 1 is 1.03 bits per heavy atom. The van der Waals surface area contributed by atoms with Gasteiger partial charge in [0.2, 0.25) is 11.1 Å². The SMILES string of the molecule is O=C(CSc1n[nH]c(/C=C/c2ccc(F)cc2)n1)NNC(=O)c1ccccc1F. The molecule has 0 bridgehead atoms. The van der Waals surface area contributed by atoms with E-state index in [0.29, 0.717) is 11.0 Å². The number of rotatable bonds is 6. The Morgan fingerprint density at radius 3 is 2.55 bits per heavy atom. The van der Waals surface area contributed by atoms with E-state index in [1.165, 1.54) is 30.3 Å². The largest absolute Gasteiger partial charge is 0.272 e. The molecule has 0 atom stereocenters. The van der Waals surface area contributed by atoms with Crippen molar-refractivity contribution in [1.29, 1.82) is 0 Å². The molecule has 0 saturated carbocycles. The maximum absolute atomic E-state index is 13.5. The van der Waals surface area contributed by atoms with Gasteiger partial charge >= 0.3 is 0 Å². The molecule has 0 aliphatic heterocycles. The lowest BCUT2D eigenvalue weighted by atomic mass is 10.2. The fourth-order valence-corrected chi connectivity index (χ4v) is 2.76. The molecule has 0 saturated heterocycles. The van der Waals surface area contributed by atoms with Crippen LogP contribution in [-0.2, 0) is 4.79 Å². The standard InChI is InChI=1S/C19H15F2N5O2S/c20-13-8-5-12(6-9-13)7-10-16-22-19(26-23-16)29-11-17(27)24-25-18(28)14-3-1-2-4-15(14)21/h1-10H,11H2,(H,24,27)(H,25,28)(H,22,23,26)/b10-7+. The molecular weight excluding hydrogens is 400 g/mol. The molecule has 0 aliphatic rings. The maximum Gasteiger partial charge on any atom is 0.272 e. The number of aromatic amines is 1. The van der Waals surface area contributed by atoms with Crippen molar-refractivity contribution in [1.82, 2.24) is 26.0 Å². The number of H-pyrrole nitrogens is 1. The number of benzene rings is 2. The van der Waals surface area contributed by atoms with Gasteiger partial charge in [0.25, 0.3) is 5.91 Å². The number of hydrogen-bond donors (Lipinski definition) is 3. The third-order valence-corrected chi connectivity index (χ3v) is 4.40.